The van der Waals surface area contributed by atoms with Gasteiger partial charge >= 0.3 is 6.09 Å². The van der Waals surface area contributed by atoms with Crippen LogP contribution in [0.3, 0.4) is 0 Å². The van der Waals surface area contributed by atoms with Crippen LogP contribution in [0.1, 0.15) is 12.8 Å². The van der Waals surface area contributed by atoms with Gasteiger partial charge in [0.2, 0.25) is 0 Å². The summed E-state index contributed by atoms with van der Waals surface area (Å²) in [6.45, 7) is 1.07. The molecule has 0 spiro atoms. The zero-order chi connectivity index (χ0) is 14.3. The minimum Gasteiger partial charge on any atom is -0.465 e. The van der Waals surface area contributed by atoms with Crippen molar-refractivity contribution in [2.45, 2.75) is 25.4 Å². The number of nitrogens with two attached hydrogens (primary N) is 1. The first kappa shape index (κ1) is 13.3. The van der Waals surface area contributed by atoms with Crippen molar-refractivity contribution in [2.24, 2.45) is 0 Å². The molecule has 2 aromatic rings. The Hall–Kier alpha value is -1.65. The van der Waals surface area contributed by atoms with E-state index < -0.39 is 6.09 Å². The maximum Gasteiger partial charge on any atom is 0.407 e. The standard InChI is InChI=1S/C11H13IN6O2/c12-8-7-9(13)14-5-15-10(7)18(16-8)4-6-2-1-3-17(6)11(19)20/h5-6H,1-4H2,(H,19,20)(H2,13,14,15)/t6-/m1/s1. The van der Waals surface area contributed by atoms with Crippen molar-refractivity contribution in [1.82, 2.24) is 24.6 Å². The maximum atomic E-state index is 11.2. The quantitative estimate of drug-likeness (QED) is 0.748. The zero-order valence-electron chi connectivity index (χ0n) is 10.5. The number of likely N-dealkylation sites (tertiary alicyclic amines) is 1. The van der Waals surface area contributed by atoms with Gasteiger partial charge in [-0.2, -0.15) is 5.10 Å². The fourth-order valence-electron chi connectivity index (χ4n) is 2.59. The summed E-state index contributed by atoms with van der Waals surface area (Å²) in [5.74, 6) is 0.396. The number of aromatic nitrogens is 4. The molecule has 3 rings (SSSR count). The van der Waals surface area contributed by atoms with Crippen molar-refractivity contribution in [3.05, 3.63) is 10.0 Å². The van der Waals surface area contributed by atoms with Gasteiger partial charge in [-0.3, -0.25) is 0 Å². The van der Waals surface area contributed by atoms with E-state index in [1.54, 1.807) is 4.68 Å². The second-order valence-corrected chi connectivity index (χ2v) is 5.72. The lowest BCUT2D eigenvalue weighted by atomic mass is 10.2. The Balaban J connectivity index is 1.96. The Morgan fingerprint density at radius 2 is 2.35 bits per heavy atom. The predicted molar refractivity (Wildman–Crippen MR) is 80.2 cm³/mol. The third kappa shape index (κ3) is 2.15. The first-order chi connectivity index (χ1) is 9.58. The van der Waals surface area contributed by atoms with Crippen LogP contribution in [0.5, 0.6) is 0 Å². The molecule has 1 aliphatic rings. The maximum absolute atomic E-state index is 11.2. The predicted octanol–water partition coefficient (Wildman–Crippen LogP) is 1.16. The van der Waals surface area contributed by atoms with Crippen LogP contribution >= 0.6 is 22.6 Å². The van der Waals surface area contributed by atoms with Gasteiger partial charge < -0.3 is 15.7 Å². The average Bonchev–Trinajstić information content (AvgIpc) is 2.97. The Kier molecular flexibility index (Phi) is 3.36. The highest BCUT2D eigenvalue weighted by Crippen LogP contribution is 2.25. The fraction of sp³-hybridized carbons (Fsp3) is 0.455. The van der Waals surface area contributed by atoms with Crippen LogP contribution in [0.15, 0.2) is 6.33 Å². The summed E-state index contributed by atoms with van der Waals surface area (Å²) in [7, 11) is 0. The molecule has 0 unspecified atom stereocenters. The van der Waals surface area contributed by atoms with Gasteiger partial charge in [0.05, 0.1) is 18.0 Å². The molecule has 0 aliphatic carbocycles. The number of anilines is 1. The molecule has 20 heavy (non-hydrogen) atoms. The molecule has 106 valence electrons. The largest absolute Gasteiger partial charge is 0.465 e. The SMILES string of the molecule is Nc1ncnc2c1c(I)nn2C[C@H]1CCCN1C(=O)O. The molecule has 8 nitrogen and oxygen atoms in total. The zero-order valence-corrected chi connectivity index (χ0v) is 12.7. The first-order valence-electron chi connectivity index (χ1n) is 6.20. The van der Waals surface area contributed by atoms with Crippen molar-refractivity contribution in [1.29, 1.82) is 0 Å². The number of halogens is 1. The number of carboxylic acid groups (broad SMARTS) is 1. The fourth-order valence-corrected chi connectivity index (χ4v) is 3.37. The number of hydrogen-bond acceptors (Lipinski definition) is 5. The van der Waals surface area contributed by atoms with E-state index >= 15 is 0 Å². The van der Waals surface area contributed by atoms with Crippen LogP contribution in [0.25, 0.3) is 11.0 Å². The summed E-state index contributed by atoms with van der Waals surface area (Å²) in [5, 5.41) is 14.3. The van der Waals surface area contributed by atoms with Gasteiger partial charge in [-0.1, -0.05) is 0 Å². The van der Waals surface area contributed by atoms with E-state index in [2.05, 4.69) is 37.7 Å². The molecule has 0 aromatic carbocycles. The molecule has 1 fully saturated rings. The van der Waals surface area contributed by atoms with Gasteiger partial charge in [-0.05, 0) is 35.4 Å². The van der Waals surface area contributed by atoms with Crippen molar-refractivity contribution in [3.8, 4) is 0 Å². The molecule has 9 heteroatoms. The summed E-state index contributed by atoms with van der Waals surface area (Å²) in [6.07, 6.45) is 2.23. The number of nitrogen functional groups attached to an aromatic ring is 1. The molecule has 0 radical (unpaired) electrons. The van der Waals surface area contributed by atoms with E-state index in [1.165, 1.54) is 11.2 Å². The Labute approximate surface area is 128 Å². The minimum atomic E-state index is -0.882. The third-order valence-electron chi connectivity index (χ3n) is 3.52. The third-order valence-corrected chi connectivity index (χ3v) is 4.28. The summed E-state index contributed by atoms with van der Waals surface area (Å²) in [6, 6.07) is -0.0670. The van der Waals surface area contributed by atoms with Crippen LogP contribution in [-0.2, 0) is 6.54 Å². The Morgan fingerprint density at radius 1 is 1.55 bits per heavy atom. The summed E-state index contributed by atoms with van der Waals surface area (Å²) < 4.78 is 2.46. The van der Waals surface area contributed by atoms with Gasteiger partial charge in [-0.25, -0.2) is 19.4 Å². The van der Waals surface area contributed by atoms with Crippen LogP contribution in [0, 0.1) is 3.70 Å². The van der Waals surface area contributed by atoms with E-state index in [9.17, 15) is 9.90 Å². The van der Waals surface area contributed by atoms with Crippen LogP contribution in [-0.4, -0.2) is 48.4 Å². The lowest BCUT2D eigenvalue weighted by Crippen LogP contribution is -2.37. The number of amides is 1. The Morgan fingerprint density at radius 3 is 3.10 bits per heavy atom. The highest BCUT2D eigenvalue weighted by Gasteiger charge is 2.29. The van der Waals surface area contributed by atoms with Crippen molar-refractivity contribution < 1.29 is 9.90 Å². The van der Waals surface area contributed by atoms with Gasteiger partial charge in [0.15, 0.2) is 5.65 Å². The minimum absolute atomic E-state index is 0.0670. The summed E-state index contributed by atoms with van der Waals surface area (Å²) in [5.41, 5.74) is 6.49. The second kappa shape index (κ2) is 5.04. The van der Waals surface area contributed by atoms with Crippen molar-refractivity contribution >= 4 is 45.5 Å². The first-order valence-corrected chi connectivity index (χ1v) is 7.28. The average molecular weight is 388 g/mol. The van der Waals surface area contributed by atoms with Gasteiger partial charge in [0.25, 0.3) is 0 Å². The van der Waals surface area contributed by atoms with Gasteiger partial charge in [0.1, 0.15) is 15.8 Å². The number of fused-ring (bicyclic) bond motifs is 1. The van der Waals surface area contributed by atoms with Crippen molar-refractivity contribution in [2.75, 3.05) is 12.3 Å². The highest BCUT2D eigenvalue weighted by atomic mass is 127. The van der Waals surface area contributed by atoms with Crippen LogP contribution in [0.4, 0.5) is 10.6 Å². The molecular formula is C11H13IN6O2. The highest BCUT2D eigenvalue weighted by molar-refractivity contribution is 14.1. The summed E-state index contributed by atoms with van der Waals surface area (Å²) in [4.78, 5) is 20.8. The Bertz CT molecular complexity index is 672. The number of hydrogen-bond donors (Lipinski definition) is 2. The molecule has 3 heterocycles. The summed E-state index contributed by atoms with van der Waals surface area (Å²) >= 11 is 2.09. The van der Waals surface area contributed by atoms with Crippen LogP contribution < -0.4 is 5.73 Å². The molecular weight excluding hydrogens is 375 g/mol. The lowest BCUT2D eigenvalue weighted by Gasteiger charge is -2.21. The van der Waals surface area contributed by atoms with E-state index in [-0.39, 0.29) is 6.04 Å². The van der Waals surface area contributed by atoms with E-state index in [0.29, 0.717) is 24.6 Å². The van der Waals surface area contributed by atoms with Crippen LogP contribution in [0.2, 0.25) is 0 Å². The molecule has 1 aliphatic heterocycles. The van der Waals surface area contributed by atoms with E-state index in [0.717, 1.165) is 21.9 Å². The van der Waals surface area contributed by atoms with Gasteiger partial charge in [-0.15, -0.1) is 0 Å². The molecule has 1 saturated heterocycles. The number of rotatable bonds is 2. The molecule has 3 N–H and O–H groups in total. The lowest BCUT2D eigenvalue weighted by molar-refractivity contribution is 0.135. The monoisotopic (exact) mass is 388 g/mol. The molecule has 1 atom stereocenters. The number of nitrogens with zero attached hydrogens (tertiary/aromatic N) is 5. The molecule has 2 aromatic heterocycles. The topological polar surface area (TPSA) is 110 Å². The normalized spacial score (nSPS) is 18.9. The van der Waals surface area contributed by atoms with E-state index in [4.69, 9.17) is 5.73 Å². The second-order valence-electron chi connectivity index (χ2n) is 4.70. The molecule has 1 amide bonds. The number of carbonyl (C=O) groups is 1. The smallest absolute Gasteiger partial charge is 0.407 e. The van der Waals surface area contributed by atoms with Gasteiger partial charge in [0, 0.05) is 6.54 Å². The van der Waals surface area contributed by atoms with E-state index in [1.807, 2.05) is 0 Å². The van der Waals surface area contributed by atoms with Crippen molar-refractivity contribution in [3.63, 3.8) is 0 Å². The molecule has 0 bridgehead atoms. The molecule has 0 saturated carbocycles.